The molecule has 0 aromatic heterocycles. The molecule has 3 unspecified atom stereocenters. The van der Waals surface area contributed by atoms with Crippen LogP contribution in [0.1, 0.15) is 30.9 Å². The van der Waals surface area contributed by atoms with Crippen LogP contribution in [0, 0.1) is 11.7 Å². The summed E-state index contributed by atoms with van der Waals surface area (Å²) in [5.74, 6) is 1.13. The summed E-state index contributed by atoms with van der Waals surface area (Å²) in [4.78, 5) is 2.50. The van der Waals surface area contributed by atoms with Gasteiger partial charge in [-0.25, -0.2) is 4.39 Å². The number of halogens is 1. The number of piperidine rings is 1. The first kappa shape index (κ1) is 11.7. The van der Waals surface area contributed by atoms with Gasteiger partial charge in [0.25, 0.3) is 0 Å². The Morgan fingerprint density at radius 3 is 3.16 bits per heavy atom. The second-order valence-electron chi connectivity index (χ2n) is 6.20. The van der Waals surface area contributed by atoms with Crippen molar-refractivity contribution in [2.24, 2.45) is 11.7 Å². The summed E-state index contributed by atoms with van der Waals surface area (Å²) in [6.45, 7) is 3.41. The van der Waals surface area contributed by atoms with Crippen molar-refractivity contribution in [3.8, 4) is 5.75 Å². The van der Waals surface area contributed by atoms with Gasteiger partial charge in [-0.15, -0.1) is 0 Å². The van der Waals surface area contributed by atoms with E-state index in [0.717, 1.165) is 37.2 Å². The molecular formula is C15H19FN2O. The number of ether oxygens (including phenoxy) is 1. The maximum absolute atomic E-state index is 13.3. The van der Waals surface area contributed by atoms with E-state index in [1.807, 2.05) is 0 Å². The zero-order chi connectivity index (χ0) is 13.0. The monoisotopic (exact) mass is 262 g/mol. The minimum atomic E-state index is -0.232. The molecule has 4 rings (SSSR count). The largest absolute Gasteiger partial charge is 0.486 e. The van der Waals surface area contributed by atoms with Gasteiger partial charge in [-0.3, -0.25) is 0 Å². The maximum atomic E-state index is 13.3. The van der Waals surface area contributed by atoms with E-state index < -0.39 is 0 Å². The second-order valence-corrected chi connectivity index (χ2v) is 6.20. The molecule has 4 heteroatoms. The van der Waals surface area contributed by atoms with E-state index >= 15 is 0 Å². The lowest BCUT2D eigenvalue weighted by atomic mass is 9.75. The Morgan fingerprint density at radius 1 is 1.37 bits per heavy atom. The molecule has 19 heavy (non-hydrogen) atoms. The molecule has 2 fully saturated rings. The minimum Gasteiger partial charge on any atom is -0.486 e. The Bertz CT molecular complexity index is 521. The first-order valence-electron chi connectivity index (χ1n) is 7.13. The van der Waals surface area contributed by atoms with Crippen molar-refractivity contribution in [2.45, 2.75) is 30.9 Å². The number of rotatable bonds is 0. The number of benzene rings is 1. The molecule has 3 heterocycles. The molecule has 1 aromatic rings. The Kier molecular flexibility index (Phi) is 2.42. The Morgan fingerprint density at radius 2 is 2.26 bits per heavy atom. The topological polar surface area (TPSA) is 38.5 Å². The van der Waals surface area contributed by atoms with E-state index in [-0.39, 0.29) is 17.5 Å². The van der Waals surface area contributed by atoms with Crippen molar-refractivity contribution in [1.82, 2.24) is 4.90 Å². The average Bonchev–Trinajstić information content (AvgIpc) is 2.81. The highest BCUT2D eigenvalue weighted by Gasteiger charge is 2.51. The Labute approximate surface area is 112 Å². The van der Waals surface area contributed by atoms with Crippen LogP contribution in [-0.4, -0.2) is 30.1 Å². The van der Waals surface area contributed by atoms with Gasteiger partial charge >= 0.3 is 0 Å². The van der Waals surface area contributed by atoms with Crippen LogP contribution in [0.5, 0.6) is 5.75 Å². The van der Waals surface area contributed by atoms with E-state index in [1.54, 1.807) is 6.07 Å². The zero-order valence-corrected chi connectivity index (χ0v) is 10.9. The van der Waals surface area contributed by atoms with Crippen molar-refractivity contribution >= 4 is 0 Å². The van der Waals surface area contributed by atoms with E-state index in [9.17, 15) is 4.39 Å². The summed E-state index contributed by atoms with van der Waals surface area (Å²) in [6, 6.07) is 4.63. The quantitative estimate of drug-likeness (QED) is 0.778. The Hall–Kier alpha value is -1.13. The van der Waals surface area contributed by atoms with Gasteiger partial charge in [0, 0.05) is 43.5 Å². The highest BCUT2D eigenvalue weighted by Crippen LogP contribution is 2.48. The standard InChI is InChI=1S/C15H19FN2O/c16-11-1-2-14-12(7-11)13(17)8-15(19-14)4-6-18-5-3-10(15)9-18/h1-2,7,10,13H,3-6,8-9,17H2/t10?,13-,15?/m0/s1. The molecule has 0 saturated carbocycles. The fraction of sp³-hybridized carbons (Fsp3) is 0.600. The lowest BCUT2D eigenvalue weighted by Crippen LogP contribution is -2.53. The fourth-order valence-corrected chi connectivity index (χ4v) is 4.06. The summed E-state index contributed by atoms with van der Waals surface area (Å²) in [5.41, 5.74) is 7.00. The highest BCUT2D eigenvalue weighted by atomic mass is 19.1. The summed E-state index contributed by atoms with van der Waals surface area (Å²) in [6.07, 6.45) is 3.06. The van der Waals surface area contributed by atoms with Gasteiger partial charge in [-0.2, -0.15) is 0 Å². The highest BCUT2D eigenvalue weighted by molar-refractivity contribution is 5.39. The third-order valence-corrected chi connectivity index (χ3v) is 5.12. The van der Waals surface area contributed by atoms with E-state index in [2.05, 4.69) is 4.90 Å². The van der Waals surface area contributed by atoms with E-state index in [1.165, 1.54) is 25.1 Å². The van der Waals surface area contributed by atoms with E-state index in [0.29, 0.717) is 5.92 Å². The van der Waals surface area contributed by atoms with Crippen molar-refractivity contribution in [3.05, 3.63) is 29.6 Å². The number of hydrogen-bond donors (Lipinski definition) is 1. The van der Waals surface area contributed by atoms with Crippen molar-refractivity contribution < 1.29 is 9.13 Å². The molecule has 102 valence electrons. The van der Waals surface area contributed by atoms with Gasteiger partial charge in [-0.1, -0.05) is 0 Å². The molecule has 2 N–H and O–H groups in total. The molecule has 0 radical (unpaired) electrons. The lowest BCUT2D eigenvalue weighted by Gasteiger charge is -2.47. The number of nitrogens with zero attached hydrogens (tertiary/aromatic N) is 1. The Balaban J connectivity index is 1.72. The predicted molar refractivity (Wildman–Crippen MR) is 70.5 cm³/mol. The lowest BCUT2D eigenvalue weighted by molar-refractivity contribution is -0.0440. The third kappa shape index (κ3) is 1.70. The molecule has 1 aromatic carbocycles. The molecule has 2 bridgehead atoms. The molecule has 3 nitrogen and oxygen atoms in total. The van der Waals surface area contributed by atoms with Gasteiger partial charge in [0.05, 0.1) is 0 Å². The van der Waals surface area contributed by atoms with Gasteiger partial charge in [0.15, 0.2) is 0 Å². The van der Waals surface area contributed by atoms with Gasteiger partial charge in [0.1, 0.15) is 17.2 Å². The second kappa shape index (κ2) is 3.93. The first-order valence-corrected chi connectivity index (χ1v) is 7.13. The molecular weight excluding hydrogens is 243 g/mol. The molecule has 0 amide bonds. The number of fused-ring (bicyclic) bond motifs is 4. The van der Waals surface area contributed by atoms with Crippen LogP contribution < -0.4 is 10.5 Å². The minimum absolute atomic E-state index is 0.105. The average molecular weight is 262 g/mol. The predicted octanol–water partition coefficient (Wildman–Crippen LogP) is 2.07. The van der Waals surface area contributed by atoms with Crippen LogP contribution in [0.4, 0.5) is 4.39 Å². The van der Waals surface area contributed by atoms with Gasteiger partial charge in [-0.05, 0) is 31.2 Å². The van der Waals surface area contributed by atoms with Crippen LogP contribution in [-0.2, 0) is 0 Å². The molecule has 2 saturated heterocycles. The van der Waals surface area contributed by atoms with Crippen molar-refractivity contribution in [2.75, 3.05) is 19.6 Å². The van der Waals surface area contributed by atoms with Crippen LogP contribution >= 0.6 is 0 Å². The zero-order valence-electron chi connectivity index (χ0n) is 10.9. The smallest absolute Gasteiger partial charge is 0.125 e. The molecule has 3 aliphatic heterocycles. The fourth-order valence-electron chi connectivity index (χ4n) is 4.06. The molecule has 1 spiro atoms. The van der Waals surface area contributed by atoms with Crippen molar-refractivity contribution in [1.29, 1.82) is 0 Å². The number of hydrogen-bond acceptors (Lipinski definition) is 3. The summed E-state index contributed by atoms with van der Waals surface area (Å²) < 4.78 is 19.7. The third-order valence-electron chi connectivity index (χ3n) is 5.12. The maximum Gasteiger partial charge on any atom is 0.125 e. The summed E-state index contributed by atoms with van der Waals surface area (Å²) in [5, 5.41) is 0. The normalized spacial score (nSPS) is 40.0. The molecule has 3 aliphatic rings. The summed E-state index contributed by atoms with van der Waals surface area (Å²) >= 11 is 0. The molecule has 4 atom stereocenters. The van der Waals surface area contributed by atoms with Crippen LogP contribution in [0.2, 0.25) is 0 Å². The SMILES string of the molecule is N[C@H]1CC2(CCN3CCC2C3)Oc2ccc(F)cc21. The number of nitrogens with two attached hydrogens (primary N) is 1. The molecule has 0 aliphatic carbocycles. The van der Waals surface area contributed by atoms with Crippen LogP contribution in [0.15, 0.2) is 18.2 Å². The van der Waals surface area contributed by atoms with Gasteiger partial charge in [0.2, 0.25) is 0 Å². The van der Waals surface area contributed by atoms with Crippen LogP contribution in [0.25, 0.3) is 0 Å². The van der Waals surface area contributed by atoms with Crippen molar-refractivity contribution in [3.63, 3.8) is 0 Å². The van der Waals surface area contributed by atoms with Gasteiger partial charge < -0.3 is 15.4 Å². The first-order chi connectivity index (χ1) is 9.16. The summed E-state index contributed by atoms with van der Waals surface area (Å²) in [7, 11) is 0. The van der Waals surface area contributed by atoms with Crippen LogP contribution in [0.3, 0.4) is 0 Å². The van der Waals surface area contributed by atoms with E-state index in [4.69, 9.17) is 10.5 Å².